The maximum Gasteiger partial charge on any atom is 0.274 e. The topological polar surface area (TPSA) is 58.4 Å². The van der Waals surface area contributed by atoms with Crippen molar-refractivity contribution in [2.24, 2.45) is 13.0 Å². The molecule has 3 aromatic rings. The van der Waals surface area contributed by atoms with Gasteiger partial charge in [0.1, 0.15) is 5.69 Å². The molecule has 0 spiro atoms. The number of carbonyl (C=O) groups is 2. The van der Waals surface area contributed by atoms with E-state index in [0.717, 1.165) is 23.1 Å². The van der Waals surface area contributed by atoms with Gasteiger partial charge in [-0.3, -0.25) is 14.3 Å². The number of hydrogen-bond donors (Lipinski definition) is 0. The number of aromatic nitrogens is 2. The van der Waals surface area contributed by atoms with Gasteiger partial charge in [0.05, 0.1) is 5.92 Å². The molecule has 2 amide bonds. The fourth-order valence-corrected chi connectivity index (χ4v) is 4.54. The van der Waals surface area contributed by atoms with Crippen molar-refractivity contribution in [1.82, 2.24) is 19.6 Å². The molecule has 2 aromatic carbocycles. The standard InChI is InChI=1S/C27H32N4O2/c1-4-14-30-16-17-31(27(33)25-13-15-29(3)28-25)19-23(26(30)32)18-22-7-5-6-8-24(22)21-11-9-20(2)10-12-21/h5-13,15,23H,4,14,16-19H2,1-3H3. The first-order chi connectivity index (χ1) is 16.0. The van der Waals surface area contributed by atoms with Crippen molar-refractivity contribution in [3.8, 4) is 11.1 Å². The van der Waals surface area contributed by atoms with Crippen molar-refractivity contribution in [3.63, 3.8) is 0 Å². The summed E-state index contributed by atoms with van der Waals surface area (Å²) < 4.78 is 1.63. The number of carbonyl (C=O) groups excluding carboxylic acids is 2. The van der Waals surface area contributed by atoms with E-state index in [1.54, 1.807) is 28.9 Å². The highest BCUT2D eigenvalue weighted by atomic mass is 16.2. The van der Waals surface area contributed by atoms with Crippen molar-refractivity contribution in [3.05, 3.63) is 77.6 Å². The molecule has 172 valence electrons. The van der Waals surface area contributed by atoms with Gasteiger partial charge >= 0.3 is 0 Å². The summed E-state index contributed by atoms with van der Waals surface area (Å²) >= 11 is 0. The van der Waals surface area contributed by atoms with E-state index < -0.39 is 0 Å². The Balaban J connectivity index is 1.63. The van der Waals surface area contributed by atoms with Crippen LogP contribution < -0.4 is 0 Å². The Hall–Kier alpha value is -3.41. The SMILES string of the molecule is CCCN1CCN(C(=O)c2ccn(C)n2)CC(Cc2ccccc2-c2ccc(C)cc2)C1=O. The predicted octanol–water partition coefficient (Wildman–Crippen LogP) is 3.95. The Kier molecular flexibility index (Phi) is 6.92. The summed E-state index contributed by atoms with van der Waals surface area (Å²) in [6.45, 7) is 6.35. The van der Waals surface area contributed by atoms with Crippen LogP contribution in [-0.4, -0.2) is 57.6 Å². The molecule has 2 heterocycles. The van der Waals surface area contributed by atoms with Crippen LogP contribution in [0.3, 0.4) is 0 Å². The number of hydrogen-bond acceptors (Lipinski definition) is 3. The fourth-order valence-electron chi connectivity index (χ4n) is 4.54. The molecule has 33 heavy (non-hydrogen) atoms. The molecule has 1 aliphatic rings. The highest BCUT2D eigenvalue weighted by molar-refractivity contribution is 5.93. The molecule has 1 fully saturated rings. The van der Waals surface area contributed by atoms with Crippen molar-refractivity contribution >= 4 is 11.8 Å². The van der Waals surface area contributed by atoms with Gasteiger partial charge in [-0.25, -0.2) is 0 Å². The summed E-state index contributed by atoms with van der Waals surface area (Å²) in [5, 5.41) is 4.29. The molecule has 0 saturated carbocycles. The molecule has 0 N–H and O–H groups in total. The van der Waals surface area contributed by atoms with E-state index in [4.69, 9.17) is 0 Å². The monoisotopic (exact) mass is 444 g/mol. The maximum absolute atomic E-state index is 13.5. The average Bonchev–Trinajstić information content (AvgIpc) is 3.20. The lowest BCUT2D eigenvalue weighted by Crippen LogP contribution is -2.38. The molecule has 1 saturated heterocycles. The zero-order valence-electron chi connectivity index (χ0n) is 19.7. The van der Waals surface area contributed by atoms with E-state index >= 15 is 0 Å². The highest BCUT2D eigenvalue weighted by Crippen LogP contribution is 2.28. The number of aryl methyl sites for hydroxylation is 2. The van der Waals surface area contributed by atoms with Gasteiger partial charge in [0.15, 0.2) is 0 Å². The van der Waals surface area contributed by atoms with Crippen molar-refractivity contribution < 1.29 is 9.59 Å². The van der Waals surface area contributed by atoms with Gasteiger partial charge in [-0.2, -0.15) is 5.10 Å². The summed E-state index contributed by atoms with van der Waals surface area (Å²) in [6, 6.07) is 18.5. The molecule has 1 atom stereocenters. The Bertz CT molecular complexity index is 1120. The second kappa shape index (κ2) is 10.0. The summed E-state index contributed by atoms with van der Waals surface area (Å²) in [5.41, 5.74) is 5.05. The lowest BCUT2D eigenvalue weighted by atomic mass is 9.91. The molecule has 0 aliphatic carbocycles. The summed E-state index contributed by atoms with van der Waals surface area (Å²) in [6.07, 6.45) is 3.26. The van der Waals surface area contributed by atoms with E-state index in [-0.39, 0.29) is 17.7 Å². The second-order valence-electron chi connectivity index (χ2n) is 8.88. The zero-order chi connectivity index (χ0) is 23.4. The van der Waals surface area contributed by atoms with E-state index in [2.05, 4.69) is 55.3 Å². The molecule has 6 heteroatoms. The molecule has 0 radical (unpaired) electrons. The lowest BCUT2D eigenvalue weighted by Gasteiger charge is -2.24. The van der Waals surface area contributed by atoms with Crippen LogP contribution in [0.25, 0.3) is 11.1 Å². The zero-order valence-corrected chi connectivity index (χ0v) is 19.7. The summed E-state index contributed by atoms with van der Waals surface area (Å²) in [4.78, 5) is 30.4. The van der Waals surface area contributed by atoms with Crippen LogP contribution in [-0.2, 0) is 18.3 Å². The average molecular weight is 445 g/mol. The lowest BCUT2D eigenvalue weighted by molar-refractivity contribution is -0.134. The minimum atomic E-state index is -0.293. The minimum Gasteiger partial charge on any atom is -0.341 e. The van der Waals surface area contributed by atoms with Crippen LogP contribution in [0.5, 0.6) is 0 Å². The predicted molar refractivity (Wildman–Crippen MR) is 130 cm³/mol. The molecule has 1 aliphatic heterocycles. The Labute approximate surface area is 195 Å². The molecule has 1 aromatic heterocycles. The molecule has 4 rings (SSSR count). The van der Waals surface area contributed by atoms with Gasteiger partial charge in [0, 0.05) is 39.4 Å². The maximum atomic E-state index is 13.5. The summed E-state index contributed by atoms with van der Waals surface area (Å²) in [7, 11) is 1.80. The number of nitrogens with zero attached hydrogens (tertiary/aromatic N) is 4. The third-order valence-corrected chi connectivity index (χ3v) is 6.30. The normalized spacial score (nSPS) is 16.7. The van der Waals surface area contributed by atoms with Gasteiger partial charge < -0.3 is 9.80 Å². The van der Waals surface area contributed by atoms with Crippen molar-refractivity contribution in [2.45, 2.75) is 26.7 Å². The molecule has 0 bridgehead atoms. The van der Waals surface area contributed by atoms with E-state index in [0.29, 0.717) is 38.3 Å². The fraction of sp³-hybridized carbons (Fsp3) is 0.370. The van der Waals surface area contributed by atoms with Gasteiger partial charge in [-0.15, -0.1) is 0 Å². The van der Waals surface area contributed by atoms with Crippen LogP contribution in [0, 0.1) is 12.8 Å². The molecule has 6 nitrogen and oxygen atoms in total. The Morgan fingerprint density at radius 2 is 1.82 bits per heavy atom. The third kappa shape index (κ3) is 5.16. The van der Waals surface area contributed by atoms with Gasteiger partial charge in [0.2, 0.25) is 5.91 Å². The summed E-state index contributed by atoms with van der Waals surface area (Å²) in [5.74, 6) is -0.274. The molecule has 1 unspecified atom stereocenters. The largest absolute Gasteiger partial charge is 0.341 e. The second-order valence-corrected chi connectivity index (χ2v) is 8.88. The number of amides is 2. The van der Waals surface area contributed by atoms with Crippen molar-refractivity contribution in [1.29, 1.82) is 0 Å². The number of benzene rings is 2. The van der Waals surface area contributed by atoms with Crippen LogP contribution >= 0.6 is 0 Å². The molecular formula is C27H32N4O2. The quantitative estimate of drug-likeness (QED) is 0.579. The van der Waals surface area contributed by atoms with E-state index in [1.807, 2.05) is 17.0 Å². The van der Waals surface area contributed by atoms with Crippen LogP contribution in [0.1, 0.15) is 35.0 Å². The smallest absolute Gasteiger partial charge is 0.274 e. The van der Waals surface area contributed by atoms with Gasteiger partial charge in [-0.1, -0.05) is 61.0 Å². The Morgan fingerprint density at radius 1 is 1.06 bits per heavy atom. The first kappa shape index (κ1) is 22.8. The van der Waals surface area contributed by atoms with Crippen LogP contribution in [0.2, 0.25) is 0 Å². The van der Waals surface area contributed by atoms with E-state index in [9.17, 15) is 9.59 Å². The molecular weight excluding hydrogens is 412 g/mol. The third-order valence-electron chi connectivity index (χ3n) is 6.30. The van der Waals surface area contributed by atoms with Crippen molar-refractivity contribution in [2.75, 3.05) is 26.2 Å². The first-order valence-corrected chi connectivity index (χ1v) is 11.7. The minimum absolute atomic E-state index is 0.112. The number of rotatable bonds is 6. The van der Waals surface area contributed by atoms with Gasteiger partial charge in [-0.05, 0) is 42.5 Å². The van der Waals surface area contributed by atoms with Crippen LogP contribution in [0.4, 0.5) is 0 Å². The highest BCUT2D eigenvalue weighted by Gasteiger charge is 2.33. The van der Waals surface area contributed by atoms with Gasteiger partial charge in [0.25, 0.3) is 5.91 Å². The Morgan fingerprint density at radius 3 is 2.52 bits per heavy atom. The van der Waals surface area contributed by atoms with Crippen LogP contribution in [0.15, 0.2) is 60.8 Å². The first-order valence-electron chi connectivity index (χ1n) is 11.7. The van der Waals surface area contributed by atoms with E-state index in [1.165, 1.54) is 5.56 Å².